The standard InChI is InChI=1S/C14H9F2N3O/c1-8-6-7-9(13(16)12(8)15)14(20)19-11-5-3-2-4-10(11)17-18-19/h2-7H,1H3. The number of aryl methyl sites for hydroxylation is 1. The summed E-state index contributed by atoms with van der Waals surface area (Å²) in [6.07, 6.45) is 0. The molecule has 3 aromatic rings. The van der Waals surface area contributed by atoms with Gasteiger partial charge in [0.1, 0.15) is 5.52 Å². The monoisotopic (exact) mass is 273 g/mol. The van der Waals surface area contributed by atoms with Crippen LogP contribution in [0.4, 0.5) is 8.78 Å². The summed E-state index contributed by atoms with van der Waals surface area (Å²) < 4.78 is 28.3. The van der Waals surface area contributed by atoms with E-state index in [0.29, 0.717) is 11.0 Å². The smallest absolute Gasteiger partial charge is 0.267 e. The lowest BCUT2D eigenvalue weighted by molar-refractivity contribution is 0.0943. The van der Waals surface area contributed by atoms with Crippen LogP contribution in [0.3, 0.4) is 0 Å². The van der Waals surface area contributed by atoms with Gasteiger partial charge in [-0.05, 0) is 30.7 Å². The molecule has 20 heavy (non-hydrogen) atoms. The fraction of sp³-hybridized carbons (Fsp3) is 0.0714. The maximum absolute atomic E-state index is 13.8. The molecule has 0 radical (unpaired) electrons. The Morgan fingerprint density at radius 2 is 1.85 bits per heavy atom. The zero-order valence-electron chi connectivity index (χ0n) is 10.5. The topological polar surface area (TPSA) is 47.8 Å². The molecule has 6 heteroatoms. The lowest BCUT2D eigenvalue weighted by atomic mass is 10.1. The molecule has 0 aliphatic rings. The number of halogens is 2. The average molecular weight is 273 g/mol. The van der Waals surface area contributed by atoms with E-state index < -0.39 is 17.5 Å². The fourth-order valence-corrected chi connectivity index (χ4v) is 1.94. The number of rotatable bonds is 1. The Hall–Kier alpha value is -2.63. The molecule has 0 spiro atoms. The van der Waals surface area contributed by atoms with Crippen LogP contribution in [0.2, 0.25) is 0 Å². The van der Waals surface area contributed by atoms with Crippen molar-refractivity contribution in [3.8, 4) is 0 Å². The van der Waals surface area contributed by atoms with Crippen molar-refractivity contribution in [1.29, 1.82) is 0 Å². The SMILES string of the molecule is Cc1ccc(C(=O)n2nnc3ccccc32)c(F)c1F. The quantitative estimate of drug-likeness (QED) is 0.685. The summed E-state index contributed by atoms with van der Waals surface area (Å²) >= 11 is 0. The Balaban J connectivity index is 2.16. The number of aromatic nitrogens is 3. The first-order chi connectivity index (χ1) is 9.59. The summed E-state index contributed by atoms with van der Waals surface area (Å²) in [5.41, 5.74) is 0.720. The van der Waals surface area contributed by atoms with E-state index in [4.69, 9.17) is 0 Å². The number of nitrogens with zero attached hydrogens (tertiary/aromatic N) is 3. The molecular formula is C14H9F2N3O. The van der Waals surface area contributed by atoms with E-state index in [1.54, 1.807) is 24.3 Å². The zero-order valence-corrected chi connectivity index (χ0v) is 10.5. The summed E-state index contributed by atoms with van der Waals surface area (Å²) in [6, 6.07) is 9.37. The minimum Gasteiger partial charge on any atom is -0.267 e. The first-order valence-electron chi connectivity index (χ1n) is 5.89. The molecule has 0 saturated carbocycles. The first kappa shape index (κ1) is 12.4. The molecule has 4 nitrogen and oxygen atoms in total. The molecule has 0 unspecified atom stereocenters. The summed E-state index contributed by atoms with van der Waals surface area (Å²) in [5.74, 6) is -2.95. The van der Waals surface area contributed by atoms with Crippen LogP contribution in [0.1, 0.15) is 15.9 Å². The fourth-order valence-electron chi connectivity index (χ4n) is 1.94. The van der Waals surface area contributed by atoms with Gasteiger partial charge in [0, 0.05) is 0 Å². The Kier molecular flexibility index (Phi) is 2.78. The van der Waals surface area contributed by atoms with Crippen LogP contribution in [-0.2, 0) is 0 Å². The van der Waals surface area contributed by atoms with Crippen molar-refractivity contribution in [2.24, 2.45) is 0 Å². The van der Waals surface area contributed by atoms with Crippen molar-refractivity contribution in [2.45, 2.75) is 6.92 Å². The molecule has 0 amide bonds. The van der Waals surface area contributed by atoms with Gasteiger partial charge in [0.25, 0.3) is 5.91 Å². The van der Waals surface area contributed by atoms with Crippen molar-refractivity contribution in [3.05, 3.63) is 59.2 Å². The van der Waals surface area contributed by atoms with Crippen LogP contribution in [0.25, 0.3) is 11.0 Å². The molecule has 0 N–H and O–H groups in total. The Morgan fingerprint density at radius 3 is 2.65 bits per heavy atom. The van der Waals surface area contributed by atoms with Crippen LogP contribution >= 0.6 is 0 Å². The lowest BCUT2D eigenvalue weighted by Crippen LogP contribution is -2.16. The molecule has 1 aromatic heterocycles. The second-order valence-electron chi connectivity index (χ2n) is 4.35. The number of hydrogen-bond donors (Lipinski definition) is 0. The zero-order chi connectivity index (χ0) is 14.3. The second-order valence-corrected chi connectivity index (χ2v) is 4.35. The average Bonchev–Trinajstić information content (AvgIpc) is 2.88. The van der Waals surface area contributed by atoms with Crippen LogP contribution in [0, 0.1) is 18.6 Å². The van der Waals surface area contributed by atoms with E-state index in [2.05, 4.69) is 10.3 Å². The van der Waals surface area contributed by atoms with Gasteiger partial charge >= 0.3 is 0 Å². The molecule has 0 aliphatic carbocycles. The largest absolute Gasteiger partial charge is 0.283 e. The highest BCUT2D eigenvalue weighted by atomic mass is 19.2. The molecule has 3 rings (SSSR count). The van der Waals surface area contributed by atoms with Crippen molar-refractivity contribution < 1.29 is 13.6 Å². The highest BCUT2D eigenvalue weighted by Crippen LogP contribution is 2.18. The molecule has 100 valence electrons. The van der Waals surface area contributed by atoms with Crippen molar-refractivity contribution in [3.63, 3.8) is 0 Å². The third-order valence-electron chi connectivity index (χ3n) is 3.05. The predicted molar refractivity (Wildman–Crippen MR) is 68.4 cm³/mol. The summed E-state index contributed by atoms with van der Waals surface area (Å²) in [5, 5.41) is 7.50. The number of para-hydroxylation sites is 1. The Morgan fingerprint density at radius 1 is 1.10 bits per heavy atom. The number of fused-ring (bicyclic) bond motifs is 1. The molecule has 2 aromatic carbocycles. The van der Waals surface area contributed by atoms with E-state index in [0.717, 1.165) is 4.68 Å². The third kappa shape index (κ3) is 1.77. The van der Waals surface area contributed by atoms with Crippen LogP contribution in [-0.4, -0.2) is 20.9 Å². The van der Waals surface area contributed by atoms with Gasteiger partial charge in [-0.25, -0.2) is 8.78 Å². The molecule has 0 atom stereocenters. The van der Waals surface area contributed by atoms with Gasteiger partial charge in [0.15, 0.2) is 11.6 Å². The minimum absolute atomic E-state index is 0.141. The Labute approximate surface area is 112 Å². The van der Waals surface area contributed by atoms with Crippen molar-refractivity contribution in [1.82, 2.24) is 15.0 Å². The second kappa shape index (κ2) is 4.48. The van der Waals surface area contributed by atoms with Crippen molar-refractivity contribution in [2.75, 3.05) is 0 Å². The minimum atomic E-state index is -1.17. The summed E-state index contributed by atoms with van der Waals surface area (Å²) in [6.45, 7) is 1.43. The normalized spacial score (nSPS) is 10.9. The first-order valence-corrected chi connectivity index (χ1v) is 5.89. The molecule has 0 fully saturated rings. The third-order valence-corrected chi connectivity index (χ3v) is 3.05. The van der Waals surface area contributed by atoms with Gasteiger partial charge in [-0.2, -0.15) is 4.68 Å². The van der Waals surface area contributed by atoms with E-state index in [-0.39, 0.29) is 11.1 Å². The maximum atomic E-state index is 13.8. The van der Waals surface area contributed by atoms with Gasteiger partial charge in [0.05, 0.1) is 11.1 Å². The van der Waals surface area contributed by atoms with Gasteiger partial charge in [-0.3, -0.25) is 4.79 Å². The summed E-state index contributed by atoms with van der Waals surface area (Å²) in [4.78, 5) is 12.3. The van der Waals surface area contributed by atoms with Crippen LogP contribution in [0.15, 0.2) is 36.4 Å². The van der Waals surface area contributed by atoms with Crippen LogP contribution < -0.4 is 0 Å². The highest BCUT2D eigenvalue weighted by molar-refractivity contribution is 6.00. The van der Waals surface area contributed by atoms with Crippen molar-refractivity contribution >= 4 is 16.9 Å². The van der Waals surface area contributed by atoms with Gasteiger partial charge in [-0.15, -0.1) is 5.10 Å². The van der Waals surface area contributed by atoms with E-state index in [1.165, 1.54) is 19.1 Å². The molecular weight excluding hydrogens is 264 g/mol. The predicted octanol–water partition coefficient (Wildman–Crippen LogP) is 2.71. The molecule has 0 bridgehead atoms. The molecule has 0 saturated heterocycles. The van der Waals surface area contributed by atoms with Gasteiger partial charge in [0.2, 0.25) is 0 Å². The number of carbonyl (C=O) groups is 1. The number of hydrogen-bond acceptors (Lipinski definition) is 3. The van der Waals surface area contributed by atoms with E-state index in [9.17, 15) is 13.6 Å². The highest BCUT2D eigenvalue weighted by Gasteiger charge is 2.20. The number of carbonyl (C=O) groups excluding carboxylic acids is 1. The van der Waals surface area contributed by atoms with E-state index in [1.807, 2.05) is 0 Å². The molecule has 0 aliphatic heterocycles. The lowest BCUT2D eigenvalue weighted by Gasteiger charge is -2.05. The Bertz CT molecular complexity index is 826. The number of benzene rings is 2. The van der Waals surface area contributed by atoms with Gasteiger partial charge < -0.3 is 0 Å². The maximum Gasteiger partial charge on any atom is 0.283 e. The van der Waals surface area contributed by atoms with E-state index >= 15 is 0 Å². The molecule has 1 heterocycles. The van der Waals surface area contributed by atoms with Crippen LogP contribution in [0.5, 0.6) is 0 Å². The van der Waals surface area contributed by atoms with Gasteiger partial charge in [-0.1, -0.05) is 23.4 Å². The summed E-state index contributed by atoms with van der Waals surface area (Å²) in [7, 11) is 0.